The Balaban J connectivity index is 1.71. The van der Waals surface area contributed by atoms with Crippen molar-refractivity contribution in [1.29, 1.82) is 0 Å². The van der Waals surface area contributed by atoms with Crippen molar-refractivity contribution in [3.8, 4) is 22.9 Å². The van der Waals surface area contributed by atoms with Crippen molar-refractivity contribution in [3.05, 3.63) is 48.4 Å². The van der Waals surface area contributed by atoms with Gasteiger partial charge in [0.1, 0.15) is 11.5 Å². The standard InChI is InChI=1S/C20H22N4O6S/c1-4-29-15-7-5-14(6-8-15)20-23-19(30-24-20)12-21-31(26,27)16-9-10-18(28-3)17(11-16)22-13(2)25/h5-11,21H,4,12H2,1-3H3,(H,22,25). The molecule has 1 aromatic heterocycles. The highest BCUT2D eigenvalue weighted by Gasteiger charge is 2.19. The molecule has 164 valence electrons. The number of carbonyl (C=O) groups excluding carboxylic acids is 1. The van der Waals surface area contributed by atoms with Gasteiger partial charge < -0.3 is 19.3 Å². The van der Waals surface area contributed by atoms with Gasteiger partial charge in [0.25, 0.3) is 0 Å². The fraction of sp³-hybridized carbons (Fsp3) is 0.250. The molecule has 0 radical (unpaired) electrons. The smallest absolute Gasteiger partial charge is 0.242 e. The molecular formula is C20H22N4O6S. The van der Waals surface area contributed by atoms with Crippen LogP contribution in [-0.2, 0) is 21.4 Å². The van der Waals surface area contributed by atoms with Crippen LogP contribution in [0.3, 0.4) is 0 Å². The van der Waals surface area contributed by atoms with Gasteiger partial charge in [0.2, 0.25) is 27.6 Å². The molecule has 0 saturated heterocycles. The normalized spacial score (nSPS) is 11.2. The Morgan fingerprint density at radius 1 is 1.16 bits per heavy atom. The first-order chi connectivity index (χ1) is 14.8. The Morgan fingerprint density at radius 3 is 2.55 bits per heavy atom. The maximum atomic E-state index is 12.7. The number of sulfonamides is 1. The zero-order chi connectivity index (χ0) is 22.4. The maximum Gasteiger partial charge on any atom is 0.242 e. The van der Waals surface area contributed by atoms with Crippen molar-refractivity contribution < 1.29 is 27.2 Å². The summed E-state index contributed by atoms with van der Waals surface area (Å²) in [6.07, 6.45) is 0. The first kappa shape index (κ1) is 22.2. The molecule has 3 aromatic rings. The Bertz CT molecular complexity index is 1160. The molecule has 2 N–H and O–H groups in total. The second kappa shape index (κ2) is 9.58. The van der Waals surface area contributed by atoms with Crippen LogP contribution in [-0.4, -0.2) is 38.2 Å². The topological polar surface area (TPSA) is 133 Å². The number of hydrogen-bond donors (Lipinski definition) is 2. The van der Waals surface area contributed by atoms with Gasteiger partial charge in [-0.05, 0) is 49.4 Å². The molecule has 0 aliphatic carbocycles. The summed E-state index contributed by atoms with van der Waals surface area (Å²) in [5.41, 5.74) is 0.949. The molecule has 0 unspecified atom stereocenters. The van der Waals surface area contributed by atoms with E-state index in [9.17, 15) is 13.2 Å². The van der Waals surface area contributed by atoms with Crippen molar-refractivity contribution in [2.75, 3.05) is 19.0 Å². The SMILES string of the molecule is CCOc1ccc(-c2noc(CNS(=O)(=O)c3ccc(OC)c(NC(C)=O)c3)n2)cc1. The molecule has 0 bridgehead atoms. The molecule has 0 atom stereocenters. The van der Waals surface area contributed by atoms with E-state index < -0.39 is 10.0 Å². The first-order valence-electron chi connectivity index (χ1n) is 9.33. The third-order valence-electron chi connectivity index (χ3n) is 4.10. The second-order valence-corrected chi connectivity index (χ2v) is 8.10. The molecule has 0 saturated carbocycles. The number of methoxy groups -OCH3 is 1. The lowest BCUT2D eigenvalue weighted by Crippen LogP contribution is -2.23. The van der Waals surface area contributed by atoms with Crippen LogP contribution < -0.4 is 19.5 Å². The summed E-state index contributed by atoms with van der Waals surface area (Å²) >= 11 is 0. The van der Waals surface area contributed by atoms with Crippen LogP contribution in [0.4, 0.5) is 5.69 Å². The van der Waals surface area contributed by atoms with E-state index in [1.165, 1.54) is 32.2 Å². The van der Waals surface area contributed by atoms with Crippen molar-refractivity contribution in [2.45, 2.75) is 25.3 Å². The Labute approximate surface area is 179 Å². The Hall–Kier alpha value is -3.44. The van der Waals surface area contributed by atoms with E-state index in [4.69, 9.17) is 14.0 Å². The monoisotopic (exact) mass is 446 g/mol. The van der Waals surface area contributed by atoms with Gasteiger partial charge in [-0.25, -0.2) is 13.1 Å². The summed E-state index contributed by atoms with van der Waals surface area (Å²) in [6, 6.07) is 11.3. The maximum absolute atomic E-state index is 12.7. The minimum Gasteiger partial charge on any atom is -0.495 e. The van der Waals surface area contributed by atoms with Crippen molar-refractivity contribution >= 4 is 21.6 Å². The number of rotatable bonds is 9. The molecule has 10 nitrogen and oxygen atoms in total. The van der Waals surface area contributed by atoms with E-state index in [0.29, 0.717) is 23.7 Å². The fourth-order valence-electron chi connectivity index (χ4n) is 2.69. The molecule has 0 spiro atoms. The van der Waals surface area contributed by atoms with E-state index in [2.05, 4.69) is 20.2 Å². The second-order valence-electron chi connectivity index (χ2n) is 6.34. The predicted octanol–water partition coefficient (Wildman–Crippen LogP) is 2.58. The zero-order valence-electron chi connectivity index (χ0n) is 17.2. The predicted molar refractivity (Wildman–Crippen MR) is 112 cm³/mol. The minimum absolute atomic E-state index is 0.0525. The summed E-state index contributed by atoms with van der Waals surface area (Å²) < 4.78 is 43.4. The highest BCUT2D eigenvalue weighted by molar-refractivity contribution is 7.89. The number of nitrogens with zero attached hydrogens (tertiary/aromatic N) is 2. The summed E-state index contributed by atoms with van der Waals surface area (Å²) in [4.78, 5) is 15.5. The summed E-state index contributed by atoms with van der Waals surface area (Å²) in [6.45, 7) is 3.57. The van der Waals surface area contributed by atoms with Gasteiger partial charge in [0, 0.05) is 12.5 Å². The van der Waals surface area contributed by atoms with E-state index in [1.54, 1.807) is 24.3 Å². The number of benzene rings is 2. The molecule has 1 heterocycles. The number of carbonyl (C=O) groups is 1. The lowest BCUT2D eigenvalue weighted by atomic mass is 10.2. The molecule has 3 rings (SSSR count). The average molecular weight is 446 g/mol. The van der Waals surface area contributed by atoms with Gasteiger partial charge in [-0.1, -0.05) is 5.16 Å². The fourth-order valence-corrected chi connectivity index (χ4v) is 3.69. The minimum atomic E-state index is -3.91. The zero-order valence-corrected chi connectivity index (χ0v) is 18.0. The van der Waals surface area contributed by atoms with Crippen LogP contribution in [0, 0.1) is 0 Å². The van der Waals surface area contributed by atoms with Crippen LogP contribution in [0.2, 0.25) is 0 Å². The van der Waals surface area contributed by atoms with Crippen LogP contribution in [0.5, 0.6) is 11.5 Å². The van der Waals surface area contributed by atoms with Gasteiger partial charge in [0.05, 0.1) is 30.8 Å². The third-order valence-corrected chi connectivity index (χ3v) is 5.50. The van der Waals surface area contributed by atoms with Crippen molar-refractivity contribution in [2.24, 2.45) is 0 Å². The number of ether oxygens (including phenoxy) is 2. The van der Waals surface area contributed by atoms with Gasteiger partial charge >= 0.3 is 0 Å². The molecule has 11 heteroatoms. The molecule has 31 heavy (non-hydrogen) atoms. The van der Waals surface area contributed by atoms with Crippen molar-refractivity contribution in [1.82, 2.24) is 14.9 Å². The number of anilines is 1. The van der Waals surface area contributed by atoms with Gasteiger partial charge in [-0.3, -0.25) is 4.79 Å². The van der Waals surface area contributed by atoms with E-state index in [1.807, 2.05) is 6.92 Å². The molecule has 0 aliphatic heterocycles. The highest BCUT2D eigenvalue weighted by atomic mass is 32.2. The van der Waals surface area contributed by atoms with Crippen molar-refractivity contribution in [3.63, 3.8) is 0 Å². The van der Waals surface area contributed by atoms with E-state index in [-0.39, 0.29) is 28.9 Å². The van der Waals surface area contributed by atoms with Crippen LogP contribution in [0.15, 0.2) is 51.9 Å². The van der Waals surface area contributed by atoms with Gasteiger partial charge in [-0.15, -0.1) is 0 Å². The Kier molecular flexibility index (Phi) is 6.88. The molecule has 0 aliphatic rings. The number of hydrogen-bond acceptors (Lipinski definition) is 8. The number of amides is 1. The van der Waals surface area contributed by atoms with Gasteiger partial charge in [-0.2, -0.15) is 4.98 Å². The summed E-state index contributed by atoms with van der Waals surface area (Å²) in [5, 5.41) is 6.42. The summed E-state index contributed by atoms with van der Waals surface area (Å²) in [5.74, 6) is 1.14. The largest absolute Gasteiger partial charge is 0.495 e. The van der Waals surface area contributed by atoms with E-state index in [0.717, 1.165) is 5.75 Å². The lowest BCUT2D eigenvalue weighted by molar-refractivity contribution is -0.114. The summed E-state index contributed by atoms with van der Waals surface area (Å²) in [7, 11) is -2.49. The highest BCUT2D eigenvalue weighted by Crippen LogP contribution is 2.27. The first-order valence-corrected chi connectivity index (χ1v) is 10.8. The van der Waals surface area contributed by atoms with Gasteiger partial charge in [0.15, 0.2) is 0 Å². The average Bonchev–Trinajstić information content (AvgIpc) is 3.22. The molecule has 2 aromatic carbocycles. The van der Waals surface area contributed by atoms with E-state index >= 15 is 0 Å². The lowest BCUT2D eigenvalue weighted by Gasteiger charge is -2.11. The number of nitrogens with one attached hydrogen (secondary N) is 2. The van der Waals surface area contributed by atoms with Crippen LogP contribution >= 0.6 is 0 Å². The third kappa shape index (κ3) is 5.58. The molecular weight excluding hydrogens is 424 g/mol. The Morgan fingerprint density at radius 2 is 1.90 bits per heavy atom. The quantitative estimate of drug-likeness (QED) is 0.512. The van der Waals surface area contributed by atoms with Crippen LogP contribution in [0.1, 0.15) is 19.7 Å². The van der Waals surface area contributed by atoms with Crippen LogP contribution in [0.25, 0.3) is 11.4 Å². The molecule has 0 fully saturated rings. The number of aromatic nitrogens is 2. The molecule has 1 amide bonds.